The van der Waals surface area contributed by atoms with Gasteiger partial charge in [-0.1, -0.05) is 80.1 Å². The number of unbranched alkanes of at least 4 members (excludes halogenated alkanes) is 1. The highest BCUT2D eigenvalue weighted by molar-refractivity contribution is 7.80. The van der Waals surface area contributed by atoms with Crippen molar-refractivity contribution in [2.45, 2.75) is 64.7 Å². The number of hydrogen-bond donors (Lipinski definition) is 6. The van der Waals surface area contributed by atoms with Crippen molar-refractivity contribution in [1.29, 1.82) is 0 Å². The number of aromatic hydroxyl groups is 1. The molecule has 0 aromatic heterocycles. The molecule has 0 spiro atoms. The average molecular weight is 697 g/mol. The molecule has 3 aromatic rings. The maximum Gasteiger partial charge on any atom is 0.345 e. The van der Waals surface area contributed by atoms with Crippen molar-refractivity contribution in [3.05, 3.63) is 95.1 Å². The lowest BCUT2D eigenvalue weighted by atomic mass is 10.1. The summed E-state index contributed by atoms with van der Waals surface area (Å²) in [5.74, 6) is -1.34. The molecule has 6 N–H and O–H groups in total. The standard InChI is InChI=1S/C25H33N3O6.C10H13NOS.C2H6/c1-18(29)28-20(17-19-9-4-3-5-10-19)24(31)27-15-14-26-13-6-7-16-34-22-12-8-11-21(30)23(22)25(32)33-2;1-7-2-4-8(5-3-7)9(13)6-10(11)12;1-2/h3-5,8-12,20,26,30H,6-7,13-17H2,1-2H3,(H,27,31)(H,28,29);2-5,9,13H,6H2,1H3,(H2,11,12);1-2H3/t20-;;/m0../s1. The Labute approximate surface area is 295 Å². The number of nitrogens with two attached hydrogens (primary N) is 1. The van der Waals surface area contributed by atoms with E-state index in [0.29, 0.717) is 26.1 Å². The molecule has 3 rings (SSSR count). The second kappa shape index (κ2) is 24.6. The van der Waals surface area contributed by atoms with Gasteiger partial charge in [0, 0.05) is 38.1 Å². The number of phenolic OH excluding ortho intramolecular Hbond substituents is 1. The van der Waals surface area contributed by atoms with Crippen molar-refractivity contribution in [1.82, 2.24) is 16.0 Å². The van der Waals surface area contributed by atoms with Crippen LogP contribution in [0.15, 0.2) is 72.8 Å². The molecule has 0 aliphatic rings. The molecule has 0 radical (unpaired) electrons. The fourth-order valence-electron chi connectivity index (χ4n) is 4.40. The molecule has 0 saturated carbocycles. The van der Waals surface area contributed by atoms with Crippen LogP contribution >= 0.6 is 12.6 Å². The first-order valence-corrected chi connectivity index (χ1v) is 16.9. The first kappa shape index (κ1) is 42.5. The highest BCUT2D eigenvalue weighted by Crippen LogP contribution is 2.28. The number of phenols is 1. The Morgan fingerprint density at radius 3 is 2.18 bits per heavy atom. The lowest BCUT2D eigenvalue weighted by Crippen LogP contribution is -2.48. The Kier molecular flexibility index (Phi) is 21.3. The predicted molar refractivity (Wildman–Crippen MR) is 196 cm³/mol. The summed E-state index contributed by atoms with van der Waals surface area (Å²) in [6.07, 6.45) is 2.27. The zero-order valence-corrected chi connectivity index (χ0v) is 30.1. The van der Waals surface area contributed by atoms with Gasteiger partial charge in [0.2, 0.25) is 17.7 Å². The summed E-state index contributed by atoms with van der Waals surface area (Å²) < 4.78 is 10.3. The molecule has 12 heteroatoms. The topological polar surface area (TPSA) is 169 Å². The third-order valence-corrected chi connectivity index (χ3v) is 7.31. The number of methoxy groups -OCH3 is 1. The average Bonchev–Trinajstić information content (AvgIpc) is 3.08. The van der Waals surface area contributed by atoms with Crippen molar-refractivity contribution in [3.63, 3.8) is 0 Å². The van der Waals surface area contributed by atoms with E-state index in [9.17, 15) is 24.3 Å². The van der Waals surface area contributed by atoms with Crippen molar-refractivity contribution in [2.75, 3.05) is 33.4 Å². The number of esters is 1. The Morgan fingerprint density at radius 1 is 0.898 bits per heavy atom. The summed E-state index contributed by atoms with van der Waals surface area (Å²) in [5, 5.41) is 18.6. The van der Waals surface area contributed by atoms with E-state index in [1.54, 1.807) is 12.1 Å². The van der Waals surface area contributed by atoms with Crippen LogP contribution in [0, 0.1) is 6.92 Å². The summed E-state index contributed by atoms with van der Waals surface area (Å²) in [6, 6.07) is 21.5. The molecule has 268 valence electrons. The largest absolute Gasteiger partial charge is 0.507 e. The smallest absolute Gasteiger partial charge is 0.345 e. The van der Waals surface area contributed by atoms with Gasteiger partial charge in [0.05, 0.1) is 13.7 Å². The molecule has 0 bridgehead atoms. The molecule has 3 aromatic carbocycles. The highest BCUT2D eigenvalue weighted by atomic mass is 32.1. The second-order valence-electron chi connectivity index (χ2n) is 10.8. The monoisotopic (exact) mass is 696 g/mol. The van der Waals surface area contributed by atoms with E-state index in [1.807, 2.05) is 75.4 Å². The third kappa shape index (κ3) is 17.4. The summed E-state index contributed by atoms with van der Waals surface area (Å²) in [5.41, 5.74) is 8.30. The van der Waals surface area contributed by atoms with Crippen LogP contribution in [0.3, 0.4) is 0 Å². The van der Waals surface area contributed by atoms with E-state index < -0.39 is 12.0 Å². The van der Waals surface area contributed by atoms with Gasteiger partial charge in [-0.2, -0.15) is 12.6 Å². The zero-order chi connectivity index (χ0) is 36.6. The van der Waals surface area contributed by atoms with Crippen LogP contribution in [0.2, 0.25) is 0 Å². The number of nitrogens with one attached hydrogen (secondary N) is 3. The molecule has 0 aliphatic heterocycles. The van der Waals surface area contributed by atoms with Gasteiger partial charge in [-0.15, -0.1) is 0 Å². The van der Waals surface area contributed by atoms with Crippen molar-refractivity contribution < 1.29 is 33.8 Å². The van der Waals surface area contributed by atoms with Gasteiger partial charge in [0.25, 0.3) is 0 Å². The fraction of sp³-hybridized carbons (Fsp3) is 0.405. The molecule has 1 unspecified atom stereocenters. The normalized spacial score (nSPS) is 11.3. The van der Waals surface area contributed by atoms with Gasteiger partial charge in [-0.3, -0.25) is 14.4 Å². The minimum Gasteiger partial charge on any atom is -0.507 e. The summed E-state index contributed by atoms with van der Waals surface area (Å²) in [7, 11) is 1.25. The third-order valence-electron chi connectivity index (χ3n) is 6.83. The van der Waals surface area contributed by atoms with Gasteiger partial charge in [-0.05, 0) is 49.6 Å². The minimum atomic E-state index is -0.652. The molecular weight excluding hydrogens is 644 g/mol. The van der Waals surface area contributed by atoms with Crippen molar-refractivity contribution >= 4 is 36.3 Å². The Bertz CT molecular complexity index is 1420. The van der Waals surface area contributed by atoms with Crippen LogP contribution in [-0.4, -0.2) is 68.2 Å². The summed E-state index contributed by atoms with van der Waals surface area (Å²) in [6.45, 7) is 9.54. The van der Waals surface area contributed by atoms with Crippen molar-refractivity contribution in [2.24, 2.45) is 5.73 Å². The number of hydrogen-bond acceptors (Lipinski definition) is 9. The first-order chi connectivity index (χ1) is 23.5. The summed E-state index contributed by atoms with van der Waals surface area (Å²) >= 11 is 4.29. The van der Waals surface area contributed by atoms with Gasteiger partial charge in [-0.25, -0.2) is 4.79 Å². The number of carbonyl (C=O) groups excluding carboxylic acids is 4. The van der Waals surface area contributed by atoms with E-state index in [0.717, 1.165) is 30.5 Å². The van der Waals surface area contributed by atoms with Crippen LogP contribution < -0.4 is 26.4 Å². The maximum atomic E-state index is 12.5. The molecule has 0 aliphatic carbocycles. The van der Waals surface area contributed by atoms with Gasteiger partial charge < -0.3 is 36.3 Å². The lowest BCUT2D eigenvalue weighted by molar-refractivity contribution is -0.128. The Hall–Kier alpha value is -4.55. The number of rotatable bonds is 17. The van der Waals surface area contributed by atoms with Gasteiger partial charge in [0.1, 0.15) is 23.1 Å². The van der Waals surface area contributed by atoms with Gasteiger partial charge in [0.15, 0.2) is 0 Å². The molecule has 49 heavy (non-hydrogen) atoms. The second-order valence-corrected chi connectivity index (χ2v) is 11.4. The molecular formula is C37H52N4O7S. The van der Waals surface area contributed by atoms with E-state index in [-0.39, 0.29) is 46.5 Å². The summed E-state index contributed by atoms with van der Waals surface area (Å²) in [4.78, 5) is 46.4. The molecule has 2 atom stereocenters. The Morgan fingerprint density at radius 2 is 1.57 bits per heavy atom. The van der Waals surface area contributed by atoms with E-state index >= 15 is 0 Å². The first-order valence-electron chi connectivity index (χ1n) is 16.4. The number of aryl methyl sites for hydroxylation is 1. The number of carbonyl (C=O) groups is 4. The van der Waals surface area contributed by atoms with Crippen LogP contribution in [0.5, 0.6) is 11.5 Å². The van der Waals surface area contributed by atoms with Crippen LogP contribution in [-0.2, 0) is 25.5 Å². The number of benzene rings is 3. The predicted octanol–water partition coefficient (Wildman–Crippen LogP) is 4.66. The number of thiol groups is 1. The van der Waals surface area contributed by atoms with Crippen LogP contribution in [0.4, 0.5) is 0 Å². The Balaban J connectivity index is 0.000000665. The lowest BCUT2D eigenvalue weighted by Gasteiger charge is -2.18. The zero-order valence-electron chi connectivity index (χ0n) is 29.2. The molecule has 0 saturated heterocycles. The van der Waals surface area contributed by atoms with Crippen molar-refractivity contribution in [3.8, 4) is 11.5 Å². The van der Waals surface area contributed by atoms with E-state index in [2.05, 4.69) is 33.3 Å². The number of amides is 3. The fourth-order valence-corrected chi connectivity index (χ4v) is 4.76. The molecule has 0 fully saturated rings. The van der Waals surface area contributed by atoms with Gasteiger partial charge >= 0.3 is 5.97 Å². The molecule has 11 nitrogen and oxygen atoms in total. The molecule has 0 heterocycles. The van der Waals surface area contributed by atoms with Crippen LogP contribution in [0.25, 0.3) is 0 Å². The number of ether oxygens (including phenoxy) is 2. The number of primary amides is 1. The van der Waals surface area contributed by atoms with Crippen LogP contribution in [0.1, 0.15) is 72.3 Å². The van der Waals surface area contributed by atoms with E-state index in [1.165, 1.54) is 25.7 Å². The van der Waals surface area contributed by atoms with E-state index in [4.69, 9.17) is 10.5 Å². The molecule has 3 amide bonds. The SMILES string of the molecule is CC.COC(=O)c1c(O)cccc1OCCCCNCCNC(=O)[C@H](Cc1ccccc1)NC(C)=O.Cc1ccc(C(S)CC(N)=O)cc1. The highest BCUT2D eigenvalue weighted by Gasteiger charge is 2.20. The maximum absolute atomic E-state index is 12.5. The minimum absolute atomic E-state index is 0.0173. The quantitative estimate of drug-likeness (QED) is 0.0673.